The lowest BCUT2D eigenvalue weighted by Crippen LogP contribution is -2.37. The molecule has 0 aliphatic rings. The Kier molecular flexibility index (Phi) is 4.77. The minimum absolute atomic E-state index is 0.0366. The Labute approximate surface area is 119 Å². The molecule has 2 rings (SSSR count). The minimum atomic E-state index is -0.524. The Morgan fingerprint density at radius 1 is 0.950 bits per heavy atom. The SMILES string of the molecule is C[C@H](NC(=O)[C@@H](C)Oc1ccccc1)c1ccccc1. The van der Waals surface area contributed by atoms with E-state index in [2.05, 4.69) is 5.32 Å². The second-order valence-corrected chi connectivity index (χ2v) is 4.71. The average molecular weight is 269 g/mol. The maximum atomic E-state index is 12.1. The molecule has 2 aromatic carbocycles. The van der Waals surface area contributed by atoms with Crippen LogP contribution in [0.5, 0.6) is 5.75 Å². The normalized spacial score (nSPS) is 13.3. The van der Waals surface area contributed by atoms with E-state index in [0.29, 0.717) is 5.75 Å². The fourth-order valence-electron chi connectivity index (χ4n) is 1.91. The molecule has 3 heteroatoms. The minimum Gasteiger partial charge on any atom is -0.481 e. The highest BCUT2D eigenvalue weighted by Gasteiger charge is 2.17. The van der Waals surface area contributed by atoms with E-state index >= 15 is 0 Å². The molecule has 0 aliphatic carbocycles. The third kappa shape index (κ3) is 3.85. The second kappa shape index (κ2) is 6.75. The number of rotatable bonds is 5. The number of benzene rings is 2. The van der Waals surface area contributed by atoms with Crippen molar-refractivity contribution in [2.75, 3.05) is 0 Å². The molecule has 1 amide bonds. The zero-order chi connectivity index (χ0) is 14.4. The Morgan fingerprint density at radius 2 is 1.50 bits per heavy atom. The Balaban J connectivity index is 1.91. The molecule has 0 spiro atoms. The van der Waals surface area contributed by atoms with Gasteiger partial charge in [-0.2, -0.15) is 0 Å². The summed E-state index contributed by atoms with van der Waals surface area (Å²) in [4.78, 5) is 12.1. The van der Waals surface area contributed by atoms with Crippen molar-refractivity contribution in [1.29, 1.82) is 0 Å². The third-order valence-corrected chi connectivity index (χ3v) is 3.08. The molecule has 0 aromatic heterocycles. The quantitative estimate of drug-likeness (QED) is 0.904. The van der Waals surface area contributed by atoms with Crippen LogP contribution in [0.4, 0.5) is 0 Å². The number of ether oxygens (including phenoxy) is 1. The highest BCUT2D eigenvalue weighted by molar-refractivity contribution is 5.81. The van der Waals surface area contributed by atoms with Crippen molar-refractivity contribution in [3.05, 3.63) is 66.2 Å². The van der Waals surface area contributed by atoms with E-state index in [-0.39, 0.29) is 11.9 Å². The van der Waals surface area contributed by atoms with Crippen LogP contribution in [0.1, 0.15) is 25.5 Å². The lowest BCUT2D eigenvalue weighted by Gasteiger charge is -2.19. The van der Waals surface area contributed by atoms with Crippen LogP contribution in [-0.2, 0) is 4.79 Å². The molecule has 3 nitrogen and oxygen atoms in total. The molecule has 2 atom stereocenters. The highest BCUT2D eigenvalue weighted by Crippen LogP contribution is 2.13. The molecular weight excluding hydrogens is 250 g/mol. The van der Waals surface area contributed by atoms with Crippen molar-refractivity contribution < 1.29 is 9.53 Å². The zero-order valence-corrected chi connectivity index (χ0v) is 11.7. The lowest BCUT2D eigenvalue weighted by molar-refractivity contribution is -0.127. The van der Waals surface area contributed by atoms with Gasteiger partial charge in [-0.05, 0) is 31.5 Å². The summed E-state index contributed by atoms with van der Waals surface area (Å²) in [6, 6.07) is 19.2. The molecule has 2 aromatic rings. The summed E-state index contributed by atoms with van der Waals surface area (Å²) in [7, 11) is 0. The predicted octanol–water partition coefficient (Wildman–Crippen LogP) is 3.33. The first-order valence-corrected chi connectivity index (χ1v) is 6.74. The molecule has 0 radical (unpaired) electrons. The maximum Gasteiger partial charge on any atom is 0.261 e. The van der Waals surface area contributed by atoms with Gasteiger partial charge in [0.1, 0.15) is 5.75 Å². The molecular formula is C17H19NO2. The van der Waals surface area contributed by atoms with Gasteiger partial charge >= 0.3 is 0 Å². The van der Waals surface area contributed by atoms with Crippen LogP contribution in [0.3, 0.4) is 0 Å². The number of amides is 1. The first-order chi connectivity index (χ1) is 9.66. The van der Waals surface area contributed by atoms with Gasteiger partial charge in [-0.1, -0.05) is 48.5 Å². The van der Waals surface area contributed by atoms with Crippen molar-refractivity contribution in [3.63, 3.8) is 0 Å². The third-order valence-electron chi connectivity index (χ3n) is 3.08. The molecule has 104 valence electrons. The standard InChI is InChI=1S/C17H19NO2/c1-13(15-9-5-3-6-10-15)18-17(19)14(2)20-16-11-7-4-8-12-16/h3-14H,1-2H3,(H,18,19)/t13-,14+/m0/s1. The lowest BCUT2D eigenvalue weighted by atomic mass is 10.1. The molecule has 0 saturated carbocycles. The van der Waals surface area contributed by atoms with E-state index in [1.807, 2.05) is 67.6 Å². The van der Waals surface area contributed by atoms with E-state index < -0.39 is 6.10 Å². The second-order valence-electron chi connectivity index (χ2n) is 4.71. The fourth-order valence-corrected chi connectivity index (χ4v) is 1.91. The molecule has 0 bridgehead atoms. The summed E-state index contributed by atoms with van der Waals surface area (Å²) in [5, 5.41) is 2.95. The average Bonchev–Trinajstić information content (AvgIpc) is 2.49. The van der Waals surface area contributed by atoms with E-state index in [4.69, 9.17) is 4.74 Å². The smallest absolute Gasteiger partial charge is 0.261 e. The van der Waals surface area contributed by atoms with Crippen LogP contribution in [0.25, 0.3) is 0 Å². The van der Waals surface area contributed by atoms with Crippen molar-refractivity contribution in [2.24, 2.45) is 0 Å². The van der Waals surface area contributed by atoms with Crippen molar-refractivity contribution in [3.8, 4) is 5.75 Å². The summed E-state index contributed by atoms with van der Waals surface area (Å²) in [5.74, 6) is 0.577. The summed E-state index contributed by atoms with van der Waals surface area (Å²) in [6.07, 6.45) is -0.524. The molecule has 0 fully saturated rings. The molecule has 0 saturated heterocycles. The van der Waals surface area contributed by atoms with Crippen LogP contribution in [0, 0.1) is 0 Å². The van der Waals surface area contributed by atoms with Crippen LogP contribution in [0.2, 0.25) is 0 Å². The maximum absolute atomic E-state index is 12.1. The van der Waals surface area contributed by atoms with Gasteiger partial charge in [0, 0.05) is 0 Å². The number of hydrogen-bond donors (Lipinski definition) is 1. The van der Waals surface area contributed by atoms with Crippen molar-refractivity contribution in [2.45, 2.75) is 26.0 Å². The summed E-state index contributed by atoms with van der Waals surface area (Å²) >= 11 is 0. The predicted molar refractivity (Wildman–Crippen MR) is 79.5 cm³/mol. The summed E-state index contributed by atoms with van der Waals surface area (Å²) in [6.45, 7) is 3.71. The Hall–Kier alpha value is -2.29. The number of carbonyl (C=O) groups excluding carboxylic acids is 1. The summed E-state index contributed by atoms with van der Waals surface area (Å²) < 4.78 is 5.60. The number of carbonyl (C=O) groups is 1. The van der Waals surface area contributed by atoms with E-state index in [1.165, 1.54) is 0 Å². The van der Waals surface area contributed by atoms with E-state index in [0.717, 1.165) is 5.56 Å². The van der Waals surface area contributed by atoms with Crippen LogP contribution in [-0.4, -0.2) is 12.0 Å². The van der Waals surface area contributed by atoms with Crippen molar-refractivity contribution >= 4 is 5.91 Å². The van der Waals surface area contributed by atoms with Gasteiger partial charge in [-0.25, -0.2) is 0 Å². The van der Waals surface area contributed by atoms with Gasteiger partial charge in [-0.15, -0.1) is 0 Å². The number of para-hydroxylation sites is 1. The number of nitrogens with one attached hydrogen (secondary N) is 1. The zero-order valence-electron chi connectivity index (χ0n) is 11.7. The first-order valence-electron chi connectivity index (χ1n) is 6.74. The van der Waals surface area contributed by atoms with Gasteiger partial charge in [0.05, 0.1) is 6.04 Å². The molecule has 20 heavy (non-hydrogen) atoms. The van der Waals surface area contributed by atoms with Gasteiger partial charge in [0.25, 0.3) is 5.91 Å². The van der Waals surface area contributed by atoms with Crippen LogP contribution >= 0.6 is 0 Å². The van der Waals surface area contributed by atoms with Crippen LogP contribution in [0.15, 0.2) is 60.7 Å². The van der Waals surface area contributed by atoms with Crippen molar-refractivity contribution in [1.82, 2.24) is 5.32 Å². The Bertz CT molecular complexity index is 539. The van der Waals surface area contributed by atoms with Gasteiger partial charge in [-0.3, -0.25) is 4.79 Å². The monoisotopic (exact) mass is 269 g/mol. The van der Waals surface area contributed by atoms with Gasteiger partial charge in [0.2, 0.25) is 0 Å². The molecule has 1 N–H and O–H groups in total. The molecule has 0 unspecified atom stereocenters. The van der Waals surface area contributed by atoms with Gasteiger partial charge < -0.3 is 10.1 Å². The fraction of sp³-hybridized carbons (Fsp3) is 0.235. The molecule has 0 aliphatic heterocycles. The summed E-state index contributed by atoms with van der Waals surface area (Å²) in [5.41, 5.74) is 1.08. The molecule has 0 heterocycles. The van der Waals surface area contributed by atoms with Gasteiger partial charge in [0.15, 0.2) is 6.10 Å². The topological polar surface area (TPSA) is 38.3 Å². The van der Waals surface area contributed by atoms with E-state index in [1.54, 1.807) is 6.92 Å². The first kappa shape index (κ1) is 14.1. The number of hydrogen-bond acceptors (Lipinski definition) is 2. The largest absolute Gasteiger partial charge is 0.481 e. The van der Waals surface area contributed by atoms with E-state index in [9.17, 15) is 4.79 Å². The Morgan fingerprint density at radius 3 is 2.10 bits per heavy atom. The highest BCUT2D eigenvalue weighted by atomic mass is 16.5. The van der Waals surface area contributed by atoms with Crippen LogP contribution < -0.4 is 10.1 Å².